The van der Waals surface area contributed by atoms with Gasteiger partial charge in [0.05, 0.1) is 13.0 Å². The summed E-state index contributed by atoms with van der Waals surface area (Å²) in [4.78, 5) is 25.6. The summed E-state index contributed by atoms with van der Waals surface area (Å²) in [6.45, 7) is 7.00. The maximum Gasteiger partial charge on any atom is 0.227 e. The van der Waals surface area contributed by atoms with Gasteiger partial charge in [0, 0.05) is 82.8 Å². The number of ether oxygens (including phenoxy) is 1. The molecule has 0 spiro atoms. The number of aryl methyl sites for hydroxylation is 1. The predicted octanol–water partition coefficient (Wildman–Crippen LogP) is 2.45. The van der Waals surface area contributed by atoms with Crippen LogP contribution in [0.25, 0.3) is 0 Å². The minimum atomic E-state index is -0.412. The van der Waals surface area contributed by atoms with Crippen molar-refractivity contribution in [3.05, 3.63) is 47.5 Å². The predicted molar refractivity (Wildman–Crippen MR) is 152 cm³/mol. The number of aromatic nitrogens is 2. The number of piperidine rings is 1. The fourth-order valence-corrected chi connectivity index (χ4v) is 5.29. The van der Waals surface area contributed by atoms with Gasteiger partial charge in [-0.2, -0.15) is 0 Å². The Bertz CT molecular complexity index is 1050. The summed E-state index contributed by atoms with van der Waals surface area (Å²) in [6.07, 6.45) is 9.02. The maximum absolute atomic E-state index is 14.7. The minimum absolute atomic E-state index is 0.0375. The van der Waals surface area contributed by atoms with Crippen molar-refractivity contribution in [1.29, 1.82) is 0 Å². The highest BCUT2D eigenvalue weighted by atomic mass is 19.1. The van der Waals surface area contributed by atoms with Crippen LogP contribution in [0, 0.1) is 23.6 Å². The highest BCUT2D eigenvalue weighted by molar-refractivity contribution is 5.79. The van der Waals surface area contributed by atoms with Gasteiger partial charge in [0.1, 0.15) is 11.6 Å². The van der Waals surface area contributed by atoms with Crippen LogP contribution in [0.4, 0.5) is 10.3 Å². The average Bonchev–Trinajstić information content (AvgIpc) is 2.96. The topological polar surface area (TPSA) is 111 Å². The van der Waals surface area contributed by atoms with Gasteiger partial charge in [-0.05, 0) is 55.2 Å². The summed E-state index contributed by atoms with van der Waals surface area (Å²) in [5, 5.41) is 21.5. The van der Waals surface area contributed by atoms with Gasteiger partial charge in [0.25, 0.3) is 0 Å². The third kappa shape index (κ3) is 8.59. The Hall–Kier alpha value is -2.82. The number of carbonyl (C=O) groups excluding carboxylic acids is 1. The molecule has 3 N–H and O–H groups in total. The summed E-state index contributed by atoms with van der Waals surface area (Å²) in [5.74, 6) is 1.64. The van der Waals surface area contributed by atoms with Crippen LogP contribution in [0.15, 0.2) is 30.6 Å². The molecule has 0 radical (unpaired) electrons. The van der Waals surface area contributed by atoms with Crippen molar-refractivity contribution in [1.82, 2.24) is 20.2 Å². The molecule has 1 aromatic heterocycles. The van der Waals surface area contributed by atoms with Gasteiger partial charge >= 0.3 is 0 Å². The molecule has 3 heterocycles. The van der Waals surface area contributed by atoms with Gasteiger partial charge < -0.3 is 30.1 Å². The van der Waals surface area contributed by atoms with Crippen LogP contribution < -0.4 is 15.0 Å². The van der Waals surface area contributed by atoms with E-state index in [2.05, 4.69) is 27.1 Å². The van der Waals surface area contributed by atoms with Gasteiger partial charge in [-0.1, -0.05) is 13.0 Å². The second-order valence-corrected chi connectivity index (χ2v) is 11.2. The lowest BCUT2D eigenvalue weighted by molar-refractivity contribution is -0.136. The first-order valence-corrected chi connectivity index (χ1v) is 14.7. The number of aliphatic hydroxyl groups is 2. The summed E-state index contributed by atoms with van der Waals surface area (Å²) in [7, 11) is 0. The monoisotopic (exact) mass is 557 g/mol. The Labute approximate surface area is 236 Å². The number of hydrogen-bond acceptors (Lipinski definition) is 8. The van der Waals surface area contributed by atoms with Crippen LogP contribution in [-0.2, 0) is 17.6 Å². The summed E-state index contributed by atoms with van der Waals surface area (Å²) < 4.78 is 20.5. The molecule has 1 aromatic carbocycles. The van der Waals surface area contributed by atoms with Crippen molar-refractivity contribution in [3.8, 4) is 5.75 Å². The molecule has 0 unspecified atom stereocenters. The van der Waals surface area contributed by atoms with Gasteiger partial charge in [-0.15, -0.1) is 0 Å². The first-order valence-electron chi connectivity index (χ1n) is 14.7. The van der Waals surface area contributed by atoms with Crippen molar-refractivity contribution in [3.63, 3.8) is 0 Å². The van der Waals surface area contributed by atoms with E-state index in [1.165, 1.54) is 6.07 Å². The van der Waals surface area contributed by atoms with E-state index in [-0.39, 0.29) is 31.5 Å². The Kier molecular flexibility index (Phi) is 11.5. The number of benzene rings is 1. The lowest BCUT2D eigenvalue weighted by Gasteiger charge is -2.39. The van der Waals surface area contributed by atoms with Crippen LogP contribution in [-0.4, -0.2) is 90.1 Å². The number of aliphatic hydroxyl groups excluding tert-OH is 2. The van der Waals surface area contributed by atoms with Crippen molar-refractivity contribution >= 4 is 11.9 Å². The van der Waals surface area contributed by atoms with Gasteiger partial charge in [-0.25, -0.2) is 14.4 Å². The minimum Gasteiger partial charge on any atom is -0.493 e. The molecule has 1 amide bonds. The Morgan fingerprint density at radius 2 is 1.88 bits per heavy atom. The molecule has 0 atom stereocenters. The lowest BCUT2D eigenvalue weighted by Crippen LogP contribution is -2.54. The molecule has 40 heavy (non-hydrogen) atoms. The number of anilines is 1. The van der Waals surface area contributed by atoms with Crippen molar-refractivity contribution in [2.75, 3.05) is 64.0 Å². The van der Waals surface area contributed by atoms with Gasteiger partial charge in [0.15, 0.2) is 0 Å². The number of likely N-dealkylation sites (tertiary alicyclic amines) is 1. The highest BCUT2D eigenvalue weighted by Gasteiger charge is 2.30. The number of nitrogens with zero attached hydrogens (tertiary/aromatic N) is 4. The van der Waals surface area contributed by atoms with Crippen LogP contribution >= 0.6 is 0 Å². The number of halogens is 1. The second kappa shape index (κ2) is 15.3. The van der Waals surface area contributed by atoms with E-state index in [0.717, 1.165) is 63.3 Å². The molecule has 2 aliphatic rings. The van der Waals surface area contributed by atoms with Crippen molar-refractivity contribution < 1.29 is 24.1 Å². The van der Waals surface area contributed by atoms with Crippen molar-refractivity contribution in [2.24, 2.45) is 17.8 Å². The Morgan fingerprint density at radius 3 is 2.52 bits per heavy atom. The Morgan fingerprint density at radius 1 is 1.15 bits per heavy atom. The second-order valence-electron chi connectivity index (χ2n) is 11.2. The van der Waals surface area contributed by atoms with Crippen LogP contribution in [0.1, 0.15) is 43.7 Å². The van der Waals surface area contributed by atoms with E-state index in [1.54, 1.807) is 17.0 Å². The van der Waals surface area contributed by atoms with E-state index in [0.29, 0.717) is 49.4 Å². The quantitative estimate of drug-likeness (QED) is 0.287. The number of carbonyl (C=O) groups is 1. The molecule has 0 aliphatic carbocycles. The molecule has 0 saturated carbocycles. The molecule has 220 valence electrons. The average molecular weight is 558 g/mol. The maximum atomic E-state index is 14.7. The molecule has 2 aliphatic heterocycles. The zero-order valence-corrected chi connectivity index (χ0v) is 23.6. The molecule has 0 bridgehead atoms. The van der Waals surface area contributed by atoms with Crippen LogP contribution in [0.2, 0.25) is 0 Å². The van der Waals surface area contributed by atoms with E-state index in [4.69, 9.17) is 14.9 Å². The lowest BCUT2D eigenvalue weighted by atomic mass is 9.92. The normalized spacial score (nSPS) is 16.4. The highest BCUT2D eigenvalue weighted by Crippen LogP contribution is 2.25. The fraction of sp³-hybridized carbons (Fsp3) is 0.633. The first-order chi connectivity index (χ1) is 19.5. The standard InChI is InChI=1S/C30H44FN5O4/c1-2-22-16-33-30(34-17-22)35-9-7-23(8-10-35)4-3-11-40-27-6-5-26(28(31)13-27)12-29(39)36-18-24(19-36)14-32-15-25(20-37)21-38/h5-6,13,16-17,23-25,32,37-38H,2-4,7-12,14-15,18-21H2,1H3. The van der Waals surface area contributed by atoms with Crippen LogP contribution in [0.3, 0.4) is 0 Å². The summed E-state index contributed by atoms with van der Waals surface area (Å²) in [6, 6.07) is 4.78. The molecule has 4 rings (SSSR count). The summed E-state index contributed by atoms with van der Waals surface area (Å²) in [5.41, 5.74) is 1.54. The number of hydrogen-bond donors (Lipinski definition) is 3. The molecule has 2 fully saturated rings. The number of rotatable bonds is 15. The number of amides is 1. The molecule has 9 nitrogen and oxygen atoms in total. The van der Waals surface area contributed by atoms with Crippen LogP contribution in [0.5, 0.6) is 5.75 Å². The molecular weight excluding hydrogens is 513 g/mol. The van der Waals surface area contributed by atoms with E-state index < -0.39 is 5.82 Å². The molecular formula is C30H44FN5O4. The van der Waals surface area contributed by atoms with Gasteiger partial charge in [0.2, 0.25) is 11.9 Å². The third-order valence-electron chi connectivity index (χ3n) is 8.08. The van der Waals surface area contributed by atoms with Gasteiger partial charge in [-0.3, -0.25) is 4.79 Å². The zero-order valence-electron chi connectivity index (χ0n) is 23.6. The van der Waals surface area contributed by atoms with E-state index in [9.17, 15) is 9.18 Å². The molecule has 2 aromatic rings. The Balaban J connectivity index is 1.09. The molecule has 2 saturated heterocycles. The number of nitrogens with one attached hydrogen (secondary N) is 1. The third-order valence-corrected chi connectivity index (χ3v) is 8.08. The van der Waals surface area contributed by atoms with Crippen molar-refractivity contribution in [2.45, 2.75) is 45.4 Å². The smallest absolute Gasteiger partial charge is 0.227 e. The first kappa shape index (κ1) is 30.1. The zero-order chi connectivity index (χ0) is 28.3. The van der Waals surface area contributed by atoms with E-state index >= 15 is 0 Å². The largest absolute Gasteiger partial charge is 0.493 e. The SMILES string of the molecule is CCc1cnc(N2CCC(CCCOc3ccc(CC(=O)N4CC(CNCC(CO)CO)C4)c(F)c3)CC2)nc1. The van der Waals surface area contributed by atoms with E-state index in [1.807, 2.05) is 12.4 Å². The fourth-order valence-electron chi connectivity index (χ4n) is 5.29. The summed E-state index contributed by atoms with van der Waals surface area (Å²) >= 11 is 0. The molecule has 10 heteroatoms.